The Morgan fingerprint density at radius 3 is 2.12 bits per heavy atom. The molecule has 4 rings (SSSR count). The quantitative estimate of drug-likeness (QED) is 0.626. The molecule has 1 N–H and O–H groups in total. The van der Waals surface area contributed by atoms with Gasteiger partial charge in [-0.3, -0.25) is 14.6 Å². The van der Waals surface area contributed by atoms with Gasteiger partial charge in [0.2, 0.25) is 15.9 Å². The number of benzene rings is 2. The predicted octanol–water partition coefficient (Wildman–Crippen LogP) is 2.39. The Balaban J connectivity index is 1.16. The molecule has 0 atom stereocenters. The van der Waals surface area contributed by atoms with Crippen LogP contribution in [0.1, 0.15) is 24.0 Å². The number of piperazine rings is 1. The summed E-state index contributed by atoms with van der Waals surface area (Å²) in [5, 5.41) is 4.45. The Morgan fingerprint density at radius 2 is 1.47 bits per heavy atom. The van der Waals surface area contributed by atoms with E-state index in [4.69, 9.17) is 0 Å². The zero-order chi connectivity index (χ0) is 23.8. The van der Waals surface area contributed by atoms with E-state index in [1.165, 1.54) is 15.3 Å². The number of carbonyl (C=O) groups is 1. The monoisotopic (exact) mass is 482 g/mol. The second-order valence-electron chi connectivity index (χ2n) is 9.04. The molecule has 2 heterocycles. The number of rotatable bonds is 8. The van der Waals surface area contributed by atoms with Crippen molar-refractivity contribution in [2.45, 2.75) is 25.4 Å². The minimum Gasteiger partial charge on any atom is -0.352 e. The Hall–Kier alpha value is -2.52. The lowest BCUT2D eigenvalue weighted by molar-refractivity contribution is -0.123. The van der Waals surface area contributed by atoms with E-state index in [2.05, 4.69) is 34.5 Å². The average molecular weight is 483 g/mol. The van der Waals surface area contributed by atoms with Gasteiger partial charge in [0.15, 0.2) is 0 Å². The molecule has 0 aliphatic carbocycles. The Labute approximate surface area is 203 Å². The van der Waals surface area contributed by atoms with Crippen LogP contribution in [-0.2, 0) is 21.4 Å². The fourth-order valence-corrected chi connectivity index (χ4v) is 5.68. The van der Waals surface area contributed by atoms with Crippen LogP contribution in [0.4, 0.5) is 0 Å². The van der Waals surface area contributed by atoms with Crippen molar-refractivity contribution in [1.82, 2.24) is 19.4 Å². The van der Waals surface area contributed by atoms with Gasteiger partial charge in [0.1, 0.15) is 0 Å². The minimum absolute atomic E-state index is 0.0294. The number of nitrogens with one attached hydrogen (secondary N) is 1. The summed E-state index contributed by atoms with van der Waals surface area (Å²) < 4.78 is 26.7. The van der Waals surface area contributed by atoms with Crippen LogP contribution in [0.2, 0.25) is 0 Å². The van der Waals surface area contributed by atoms with Crippen LogP contribution in [0.25, 0.3) is 6.08 Å². The van der Waals surface area contributed by atoms with Gasteiger partial charge >= 0.3 is 0 Å². The molecule has 0 spiro atoms. The van der Waals surface area contributed by atoms with E-state index in [1.807, 2.05) is 41.3 Å². The molecule has 0 unspecified atom stereocenters. The summed E-state index contributed by atoms with van der Waals surface area (Å²) in [6.45, 7) is 5.13. The second-order valence-corrected chi connectivity index (χ2v) is 10.9. The Kier molecular flexibility index (Phi) is 8.50. The van der Waals surface area contributed by atoms with Crippen LogP contribution in [0, 0.1) is 0 Å². The number of carbonyl (C=O) groups excluding carboxylic acids is 1. The molecular formula is C26H34N4O3S. The molecule has 2 aromatic rings. The molecule has 7 nitrogen and oxygen atoms in total. The molecule has 34 heavy (non-hydrogen) atoms. The Bertz CT molecular complexity index is 1040. The van der Waals surface area contributed by atoms with Gasteiger partial charge in [-0.25, -0.2) is 8.42 Å². The highest BCUT2D eigenvalue weighted by Crippen LogP contribution is 2.15. The predicted molar refractivity (Wildman–Crippen MR) is 135 cm³/mol. The van der Waals surface area contributed by atoms with Gasteiger partial charge in [-0.15, -0.1) is 0 Å². The van der Waals surface area contributed by atoms with Crippen LogP contribution in [-0.4, -0.2) is 80.3 Å². The van der Waals surface area contributed by atoms with Gasteiger partial charge < -0.3 is 5.32 Å². The standard InChI is InChI=1S/C26H34N4O3S/c31-26(27-25-11-14-28(15-12-25)21-24-9-5-2-6-10-24)22-29-16-18-30(19-17-29)34(32,33)20-13-23-7-3-1-4-8-23/h1-10,13,20,25H,11-12,14-19,21-22H2,(H,27,31). The number of piperidine rings is 1. The number of sulfonamides is 1. The summed E-state index contributed by atoms with van der Waals surface area (Å²) in [6.07, 6.45) is 3.54. The lowest BCUT2D eigenvalue weighted by Crippen LogP contribution is -2.52. The third kappa shape index (κ3) is 7.24. The van der Waals surface area contributed by atoms with Crippen LogP contribution >= 0.6 is 0 Å². The first kappa shape index (κ1) is 24.6. The molecule has 2 fully saturated rings. The Morgan fingerprint density at radius 1 is 0.853 bits per heavy atom. The maximum Gasteiger partial charge on any atom is 0.236 e. The lowest BCUT2D eigenvalue weighted by Gasteiger charge is -2.34. The van der Waals surface area contributed by atoms with Crippen LogP contribution in [0.5, 0.6) is 0 Å². The highest BCUT2D eigenvalue weighted by Gasteiger charge is 2.27. The maximum atomic E-state index is 12.6. The summed E-state index contributed by atoms with van der Waals surface area (Å²) in [4.78, 5) is 17.0. The summed E-state index contributed by atoms with van der Waals surface area (Å²) in [5.74, 6) is 0.0294. The van der Waals surface area contributed by atoms with Crippen molar-refractivity contribution in [3.8, 4) is 0 Å². The fourth-order valence-electron chi connectivity index (χ4n) is 4.51. The molecule has 1 amide bonds. The van der Waals surface area contributed by atoms with Gasteiger partial charge in [-0.1, -0.05) is 60.7 Å². The van der Waals surface area contributed by atoms with Gasteiger partial charge in [-0.2, -0.15) is 4.31 Å². The van der Waals surface area contributed by atoms with E-state index in [9.17, 15) is 13.2 Å². The van der Waals surface area contributed by atoms with Gasteiger partial charge in [0, 0.05) is 57.3 Å². The average Bonchev–Trinajstić information content (AvgIpc) is 2.86. The first-order valence-electron chi connectivity index (χ1n) is 12.0. The SMILES string of the molecule is O=C(CN1CCN(S(=O)(=O)C=Cc2ccccc2)CC1)NC1CCN(Cc2ccccc2)CC1. The largest absolute Gasteiger partial charge is 0.352 e. The van der Waals surface area contributed by atoms with E-state index < -0.39 is 10.0 Å². The van der Waals surface area contributed by atoms with Gasteiger partial charge in [0.25, 0.3) is 0 Å². The lowest BCUT2D eigenvalue weighted by atomic mass is 10.0. The normalized spacial score (nSPS) is 19.4. The van der Waals surface area contributed by atoms with E-state index in [-0.39, 0.29) is 11.9 Å². The van der Waals surface area contributed by atoms with E-state index in [0.29, 0.717) is 32.7 Å². The number of nitrogens with zero attached hydrogens (tertiary/aromatic N) is 3. The maximum absolute atomic E-state index is 12.6. The van der Waals surface area contributed by atoms with E-state index in [1.54, 1.807) is 6.08 Å². The van der Waals surface area contributed by atoms with Crippen LogP contribution < -0.4 is 5.32 Å². The van der Waals surface area contributed by atoms with Crippen molar-refractivity contribution in [3.63, 3.8) is 0 Å². The summed E-state index contributed by atoms with van der Waals surface area (Å²) >= 11 is 0. The first-order chi connectivity index (χ1) is 16.5. The first-order valence-corrected chi connectivity index (χ1v) is 13.5. The minimum atomic E-state index is -3.46. The molecule has 182 valence electrons. The highest BCUT2D eigenvalue weighted by atomic mass is 32.2. The topological polar surface area (TPSA) is 73.0 Å². The van der Waals surface area contributed by atoms with Crippen LogP contribution in [0.15, 0.2) is 66.1 Å². The number of hydrogen-bond acceptors (Lipinski definition) is 5. The zero-order valence-electron chi connectivity index (χ0n) is 19.6. The molecule has 0 radical (unpaired) electrons. The zero-order valence-corrected chi connectivity index (χ0v) is 20.4. The molecule has 2 saturated heterocycles. The van der Waals surface area contributed by atoms with Crippen molar-refractivity contribution >= 4 is 22.0 Å². The smallest absolute Gasteiger partial charge is 0.236 e. The third-order valence-corrected chi connectivity index (χ3v) is 8.06. The molecule has 2 aliphatic rings. The van der Waals surface area contributed by atoms with Crippen molar-refractivity contribution in [2.75, 3.05) is 45.8 Å². The fraction of sp³-hybridized carbons (Fsp3) is 0.423. The number of hydrogen-bond donors (Lipinski definition) is 1. The van der Waals surface area contributed by atoms with Crippen molar-refractivity contribution < 1.29 is 13.2 Å². The highest BCUT2D eigenvalue weighted by molar-refractivity contribution is 7.92. The second kappa shape index (κ2) is 11.8. The molecule has 0 bridgehead atoms. The van der Waals surface area contributed by atoms with E-state index >= 15 is 0 Å². The molecule has 2 aliphatic heterocycles. The number of amides is 1. The van der Waals surface area contributed by atoms with Crippen LogP contribution in [0.3, 0.4) is 0 Å². The van der Waals surface area contributed by atoms with Crippen molar-refractivity contribution in [3.05, 3.63) is 77.2 Å². The number of likely N-dealkylation sites (tertiary alicyclic amines) is 1. The third-order valence-electron chi connectivity index (χ3n) is 6.49. The molecule has 0 aromatic heterocycles. The van der Waals surface area contributed by atoms with Gasteiger partial charge in [0.05, 0.1) is 6.54 Å². The summed E-state index contributed by atoms with van der Waals surface area (Å²) in [5.41, 5.74) is 2.17. The summed E-state index contributed by atoms with van der Waals surface area (Å²) in [6, 6.07) is 20.1. The molecule has 2 aromatic carbocycles. The van der Waals surface area contributed by atoms with Gasteiger partial charge in [-0.05, 0) is 30.0 Å². The molecular weight excluding hydrogens is 448 g/mol. The molecule has 0 saturated carbocycles. The summed E-state index contributed by atoms with van der Waals surface area (Å²) in [7, 11) is -3.46. The molecule has 8 heteroatoms. The van der Waals surface area contributed by atoms with Crippen molar-refractivity contribution in [2.24, 2.45) is 0 Å². The van der Waals surface area contributed by atoms with Crippen molar-refractivity contribution in [1.29, 1.82) is 0 Å². The van der Waals surface area contributed by atoms with E-state index in [0.717, 1.165) is 38.0 Å².